The van der Waals surface area contributed by atoms with Gasteiger partial charge in [-0.15, -0.1) is 0 Å². The number of aliphatic hydroxyl groups excluding tert-OH is 2. The predicted molar refractivity (Wildman–Crippen MR) is 294 cm³/mol. The SMILES string of the molecule is CC/C=C\C/C=C\C/C=C\C/C=C\CCCCCCC(=O)OC1C(OCC(COC(=O)CCCCCCCCC/C=C\C/C=C\CCCCC)OC(=O)CCCCCCCCCCC)OC(C(=O)O)C(O)C1O. The summed E-state index contributed by atoms with van der Waals surface area (Å²) >= 11 is 0. The lowest BCUT2D eigenvalue weighted by molar-refractivity contribution is -0.301. The van der Waals surface area contributed by atoms with E-state index in [0.717, 1.165) is 109 Å². The van der Waals surface area contributed by atoms with Crippen LogP contribution in [0.15, 0.2) is 72.9 Å². The highest BCUT2D eigenvalue weighted by Crippen LogP contribution is 2.26. The number of aliphatic carboxylic acids is 1. The first-order valence-electron chi connectivity index (χ1n) is 28.9. The van der Waals surface area contributed by atoms with E-state index in [1.54, 1.807) is 0 Å². The van der Waals surface area contributed by atoms with Crippen LogP contribution < -0.4 is 0 Å². The topological polar surface area (TPSA) is 175 Å². The lowest BCUT2D eigenvalue weighted by Gasteiger charge is -2.40. The highest BCUT2D eigenvalue weighted by Gasteiger charge is 2.50. The first kappa shape index (κ1) is 67.2. The van der Waals surface area contributed by atoms with Gasteiger partial charge in [-0.05, 0) is 89.9 Å². The molecule has 1 fully saturated rings. The molecule has 1 saturated heterocycles. The van der Waals surface area contributed by atoms with Crippen molar-refractivity contribution >= 4 is 23.9 Å². The minimum atomic E-state index is -1.91. The van der Waals surface area contributed by atoms with E-state index in [-0.39, 0.29) is 25.9 Å². The van der Waals surface area contributed by atoms with E-state index < -0.39 is 67.3 Å². The summed E-state index contributed by atoms with van der Waals surface area (Å²) in [5.74, 6) is -3.16. The number of aliphatic hydroxyl groups is 2. The normalized spacial score (nSPS) is 18.8. The Morgan fingerprint density at radius 3 is 1.34 bits per heavy atom. The Kier molecular flexibility index (Phi) is 45.1. The summed E-state index contributed by atoms with van der Waals surface area (Å²) in [5, 5.41) is 31.4. The van der Waals surface area contributed by atoms with Crippen LogP contribution in [0.2, 0.25) is 0 Å². The smallest absolute Gasteiger partial charge is 0.335 e. The van der Waals surface area contributed by atoms with E-state index in [9.17, 15) is 34.5 Å². The van der Waals surface area contributed by atoms with Crippen LogP contribution in [-0.4, -0.2) is 89.2 Å². The average molecular weight is 1030 g/mol. The van der Waals surface area contributed by atoms with Crippen LogP contribution in [0.25, 0.3) is 0 Å². The van der Waals surface area contributed by atoms with Gasteiger partial charge >= 0.3 is 23.9 Å². The van der Waals surface area contributed by atoms with Crippen molar-refractivity contribution in [2.24, 2.45) is 0 Å². The van der Waals surface area contributed by atoms with Crippen molar-refractivity contribution < 1.29 is 58.2 Å². The van der Waals surface area contributed by atoms with E-state index in [0.29, 0.717) is 19.3 Å². The van der Waals surface area contributed by atoms with Crippen LogP contribution in [0.1, 0.15) is 239 Å². The summed E-state index contributed by atoms with van der Waals surface area (Å²) in [6.07, 6.45) is 48.8. The van der Waals surface area contributed by atoms with Crippen LogP contribution in [0.4, 0.5) is 0 Å². The highest BCUT2D eigenvalue weighted by molar-refractivity contribution is 5.74. The Balaban J connectivity index is 2.67. The van der Waals surface area contributed by atoms with Gasteiger partial charge in [0, 0.05) is 19.3 Å². The van der Waals surface area contributed by atoms with Gasteiger partial charge < -0.3 is 39.0 Å². The fourth-order valence-electron chi connectivity index (χ4n) is 8.33. The zero-order valence-electron chi connectivity index (χ0n) is 45.9. The number of ether oxygens (including phenoxy) is 5. The first-order chi connectivity index (χ1) is 35.6. The molecule has 1 rings (SSSR count). The minimum Gasteiger partial charge on any atom is -0.479 e. The van der Waals surface area contributed by atoms with Crippen LogP contribution in [0.3, 0.4) is 0 Å². The number of carboxylic acid groups (broad SMARTS) is 1. The Hall–Kier alpha value is -3.84. The van der Waals surface area contributed by atoms with Gasteiger partial charge in [0.2, 0.25) is 0 Å². The third-order valence-electron chi connectivity index (χ3n) is 12.8. The molecule has 6 atom stereocenters. The molecule has 1 aliphatic heterocycles. The lowest BCUT2D eigenvalue weighted by atomic mass is 9.98. The Bertz CT molecular complexity index is 1550. The van der Waals surface area contributed by atoms with E-state index in [2.05, 4.69) is 93.7 Å². The van der Waals surface area contributed by atoms with Gasteiger partial charge in [0.1, 0.15) is 18.8 Å². The van der Waals surface area contributed by atoms with Crippen molar-refractivity contribution in [2.75, 3.05) is 13.2 Å². The summed E-state index contributed by atoms with van der Waals surface area (Å²) < 4.78 is 28.3. The molecule has 1 heterocycles. The molecule has 12 nitrogen and oxygen atoms in total. The van der Waals surface area contributed by atoms with Gasteiger partial charge in [0.05, 0.1) is 6.61 Å². The van der Waals surface area contributed by atoms with E-state index in [1.807, 2.05) is 0 Å². The number of allylic oxidation sites excluding steroid dienone is 12. The number of carbonyl (C=O) groups excluding carboxylic acids is 3. The van der Waals surface area contributed by atoms with E-state index >= 15 is 0 Å². The fraction of sp³-hybridized carbons (Fsp3) is 0.738. The Labute approximate surface area is 442 Å². The number of hydrogen-bond donors (Lipinski definition) is 3. The van der Waals surface area contributed by atoms with Gasteiger partial charge in [-0.1, -0.05) is 203 Å². The zero-order chi connectivity index (χ0) is 53.3. The van der Waals surface area contributed by atoms with Crippen molar-refractivity contribution in [1.82, 2.24) is 0 Å². The van der Waals surface area contributed by atoms with Crippen LogP contribution in [0, 0.1) is 0 Å². The summed E-state index contributed by atoms with van der Waals surface area (Å²) in [6, 6.07) is 0. The molecular formula is C61H102O12. The molecule has 0 bridgehead atoms. The first-order valence-corrected chi connectivity index (χ1v) is 28.9. The number of hydrogen-bond acceptors (Lipinski definition) is 11. The standard InChI is InChI=1S/C61H102O12/c1-4-7-10-13-16-19-21-23-25-27-29-31-33-36-38-41-44-47-53(62)69-50-52(71-54(63)48-45-42-39-35-18-15-12-9-6-3)51-70-61-59(57(66)56(65)58(73-61)60(67)68)72-55(64)49-46-43-40-37-34-32-30-28-26-24-22-20-17-14-11-8-5-2/h8,11,16-17,19-20,23-26,30,32,52,56-59,61,65-66H,4-7,9-10,12-15,18,21-22,27-29,31,33-51H2,1-3H3,(H,67,68)/b11-8-,19-16-,20-17-,25-23-,26-24-,32-30-. The lowest BCUT2D eigenvalue weighted by Crippen LogP contribution is -2.61. The van der Waals surface area contributed by atoms with Crippen molar-refractivity contribution in [3.8, 4) is 0 Å². The molecule has 0 aromatic heterocycles. The van der Waals surface area contributed by atoms with Crippen LogP contribution in [0.5, 0.6) is 0 Å². The van der Waals surface area contributed by atoms with E-state index in [4.69, 9.17) is 23.7 Å². The second-order valence-corrected chi connectivity index (χ2v) is 19.5. The molecule has 0 saturated carbocycles. The maximum atomic E-state index is 13.1. The van der Waals surface area contributed by atoms with Crippen LogP contribution >= 0.6 is 0 Å². The number of esters is 3. The molecule has 0 amide bonds. The molecule has 1 aliphatic rings. The second-order valence-electron chi connectivity index (χ2n) is 19.5. The van der Waals surface area contributed by atoms with Gasteiger partial charge in [0.25, 0.3) is 0 Å². The molecule has 3 N–H and O–H groups in total. The molecule has 0 radical (unpaired) electrons. The summed E-state index contributed by atoms with van der Waals surface area (Å²) in [6.45, 7) is 5.81. The van der Waals surface area contributed by atoms with Gasteiger partial charge in [-0.25, -0.2) is 4.79 Å². The predicted octanol–water partition coefficient (Wildman–Crippen LogP) is 14.6. The monoisotopic (exact) mass is 1030 g/mol. The Morgan fingerprint density at radius 1 is 0.466 bits per heavy atom. The summed E-state index contributed by atoms with van der Waals surface area (Å²) in [5.41, 5.74) is 0. The maximum absolute atomic E-state index is 13.1. The van der Waals surface area contributed by atoms with Crippen molar-refractivity contribution in [1.29, 1.82) is 0 Å². The summed E-state index contributed by atoms with van der Waals surface area (Å²) in [7, 11) is 0. The minimum absolute atomic E-state index is 0.0307. The van der Waals surface area contributed by atoms with Crippen LogP contribution in [-0.2, 0) is 42.9 Å². The third-order valence-corrected chi connectivity index (χ3v) is 12.8. The average Bonchev–Trinajstić information content (AvgIpc) is 3.37. The zero-order valence-corrected chi connectivity index (χ0v) is 45.9. The number of unbranched alkanes of at least 4 members (excludes halogenated alkanes) is 22. The number of rotatable bonds is 48. The molecule has 73 heavy (non-hydrogen) atoms. The molecule has 0 aromatic carbocycles. The largest absolute Gasteiger partial charge is 0.479 e. The molecule has 0 aromatic rings. The second kappa shape index (κ2) is 49.1. The van der Waals surface area contributed by atoms with Gasteiger partial charge in [-0.2, -0.15) is 0 Å². The third kappa shape index (κ3) is 39.3. The van der Waals surface area contributed by atoms with Crippen molar-refractivity contribution in [3.05, 3.63) is 72.9 Å². The molecule has 0 spiro atoms. The fourth-order valence-corrected chi connectivity index (χ4v) is 8.33. The highest BCUT2D eigenvalue weighted by atomic mass is 16.7. The van der Waals surface area contributed by atoms with Crippen molar-refractivity contribution in [2.45, 2.75) is 276 Å². The quantitative estimate of drug-likeness (QED) is 0.0228. The number of carbonyl (C=O) groups is 4. The van der Waals surface area contributed by atoms with E-state index in [1.165, 1.54) is 70.6 Å². The maximum Gasteiger partial charge on any atom is 0.335 e. The van der Waals surface area contributed by atoms with Gasteiger partial charge in [-0.3, -0.25) is 14.4 Å². The van der Waals surface area contributed by atoms with Gasteiger partial charge in [0.15, 0.2) is 24.6 Å². The molecule has 418 valence electrons. The Morgan fingerprint density at radius 2 is 0.863 bits per heavy atom. The molecular weight excluding hydrogens is 925 g/mol. The number of carboxylic acids is 1. The summed E-state index contributed by atoms with van der Waals surface area (Å²) in [4.78, 5) is 51.0. The molecule has 0 aliphatic carbocycles. The van der Waals surface area contributed by atoms with Crippen molar-refractivity contribution in [3.63, 3.8) is 0 Å². The molecule has 6 unspecified atom stereocenters. The molecule has 12 heteroatoms.